The number of hydrogen-bond acceptors (Lipinski definition) is 5. The minimum absolute atomic E-state index is 0.214. The Morgan fingerprint density at radius 1 is 1.67 bits per heavy atom. The summed E-state index contributed by atoms with van der Waals surface area (Å²) in [6, 6.07) is 2.04. The third kappa shape index (κ3) is 5.58. The van der Waals surface area contributed by atoms with Gasteiger partial charge in [-0.3, -0.25) is 4.55 Å². The van der Waals surface area contributed by atoms with Crippen LogP contribution >= 0.6 is 11.8 Å². The minimum atomic E-state index is -3.87. The van der Waals surface area contributed by atoms with Crippen molar-refractivity contribution >= 4 is 21.9 Å². The summed E-state index contributed by atoms with van der Waals surface area (Å²) in [5.74, 6) is 0.742. The Labute approximate surface area is 112 Å². The van der Waals surface area contributed by atoms with Crippen LogP contribution in [0.15, 0.2) is 22.8 Å². The van der Waals surface area contributed by atoms with E-state index in [2.05, 4.69) is 4.90 Å². The minimum Gasteiger partial charge on any atom is -0.366 e. The van der Waals surface area contributed by atoms with Crippen LogP contribution in [0.1, 0.15) is 13.3 Å². The smallest absolute Gasteiger partial charge is 0.264 e. The molecule has 0 aromatic carbocycles. The number of nitriles is 1. The van der Waals surface area contributed by atoms with E-state index in [1.165, 1.54) is 0 Å². The number of nitrogens with zero attached hydrogens (tertiary/aromatic N) is 2. The maximum absolute atomic E-state index is 10.6. The zero-order valence-electron chi connectivity index (χ0n) is 10.2. The van der Waals surface area contributed by atoms with Crippen molar-refractivity contribution in [2.45, 2.75) is 13.3 Å². The molecule has 1 N–H and O–H groups in total. The molecular weight excluding hydrogens is 272 g/mol. The highest BCUT2D eigenvalue weighted by atomic mass is 32.2. The van der Waals surface area contributed by atoms with E-state index < -0.39 is 10.1 Å². The van der Waals surface area contributed by atoms with Crippen LogP contribution in [0.3, 0.4) is 0 Å². The number of allylic oxidation sites excluding steroid dienone is 3. The van der Waals surface area contributed by atoms with Gasteiger partial charge >= 0.3 is 0 Å². The van der Waals surface area contributed by atoms with Gasteiger partial charge in [0.15, 0.2) is 0 Å². The van der Waals surface area contributed by atoms with Crippen LogP contribution < -0.4 is 0 Å². The lowest BCUT2D eigenvalue weighted by atomic mass is 10.3. The SMILES string of the molecule is C/C(C#N)=C/C=C1/SCCN1CCCS(=O)(=O)O. The normalized spacial score (nSPS) is 19.3. The van der Waals surface area contributed by atoms with Gasteiger partial charge in [-0.05, 0) is 25.5 Å². The fourth-order valence-electron chi connectivity index (χ4n) is 1.51. The van der Waals surface area contributed by atoms with Gasteiger partial charge in [-0.2, -0.15) is 13.7 Å². The molecule has 0 aromatic heterocycles. The summed E-state index contributed by atoms with van der Waals surface area (Å²) in [6.07, 6.45) is 4.03. The maximum Gasteiger partial charge on any atom is 0.264 e. The third-order valence-electron chi connectivity index (χ3n) is 2.41. The molecule has 1 rings (SSSR count). The molecule has 0 amide bonds. The van der Waals surface area contributed by atoms with Gasteiger partial charge in [0, 0.05) is 24.4 Å². The molecule has 0 aliphatic carbocycles. The predicted octanol–water partition coefficient (Wildman–Crippen LogP) is 1.62. The van der Waals surface area contributed by atoms with Crippen molar-refractivity contribution in [3.63, 3.8) is 0 Å². The molecule has 1 saturated heterocycles. The van der Waals surface area contributed by atoms with E-state index in [4.69, 9.17) is 9.81 Å². The molecule has 0 radical (unpaired) electrons. The molecule has 0 bridgehead atoms. The topological polar surface area (TPSA) is 81.4 Å². The van der Waals surface area contributed by atoms with Crippen LogP contribution in [0.5, 0.6) is 0 Å². The second-order valence-electron chi connectivity index (χ2n) is 3.94. The van der Waals surface area contributed by atoms with Crippen molar-refractivity contribution in [2.75, 3.05) is 24.6 Å². The first-order chi connectivity index (χ1) is 8.42. The quantitative estimate of drug-likeness (QED) is 0.611. The summed E-state index contributed by atoms with van der Waals surface area (Å²) in [6.45, 7) is 3.19. The van der Waals surface area contributed by atoms with Gasteiger partial charge in [0.1, 0.15) is 0 Å². The second-order valence-corrected chi connectivity index (χ2v) is 6.63. The largest absolute Gasteiger partial charge is 0.366 e. The Hall–Kier alpha value is -0.970. The molecule has 0 unspecified atom stereocenters. The van der Waals surface area contributed by atoms with Gasteiger partial charge in [0.05, 0.1) is 16.9 Å². The summed E-state index contributed by atoms with van der Waals surface area (Å²) >= 11 is 1.68. The van der Waals surface area contributed by atoms with E-state index in [0.717, 1.165) is 17.3 Å². The summed E-state index contributed by atoms with van der Waals surface area (Å²) in [4.78, 5) is 2.07. The lowest BCUT2D eigenvalue weighted by Gasteiger charge is -2.18. The van der Waals surface area contributed by atoms with Crippen molar-refractivity contribution in [3.8, 4) is 6.07 Å². The molecule has 18 heavy (non-hydrogen) atoms. The lowest BCUT2D eigenvalue weighted by Crippen LogP contribution is -2.21. The molecule has 0 spiro atoms. The summed E-state index contributed by atoms with van der Waals surface area (Å²) in [5.41, 5.74) is 0.632. The fraction of sp³-hybridized carbons (Fsp3) is 0.545. The van der Waals surface area contributed by atoms with Gasteiger partial charge in [-0.15, -0.1) is 11.8 Å². The molecule has 5 nitrogen and oxygen atoms in total. The Morgan fingerprint density at radius 3 is 3.00 bits per heavy atom. The highest BCUT2D eigenvalue weighted by molar-refractivity contribution is 8.03. The number of hydrogen-bond donors (Lipinski definition) is 1. The van der Waals surface area contributed by atoms with Crippen LogP contribution in [0.4, 0.5) is 0 Å². The number of thioether (sulfide) groups is 1. The number of rotatable bonds is 5. The van der Waals surface area contributed by atoms with Crippen molar-refractivity contribution in [2.24, 2.45) is 0 Å². The molecule has 1 aliphatic heterocycles. The van der Waals surface area contributed by atoms with E-state index in [0.29, 0.717) is 18.5 Å². The Kier molecular flexibility index (Phi) is 5.72. The van der Waals surface area contributed by atoms with Crippen molar-refractivity contribution in [1.29, 1.82) is 5.26 Å². The average Bonchev–Trinajstić information content (AvgIpc) is 2.72. The van der Waals surface area contributed by atoms with Crippen molar-refractivity contribution in [3.05, 3.63) is 22.8 Å². The Balaban J connectivity index is 2.53. The van der Waals surface area contributed by atoms with Gasteiger partial charge in [-0.25, -0.2) is 0 Å². The molecule has 1 fully saturated rings. The fourth-order valence-corrected chi connectivity index (χ4v) is 3.05. The highest BCUT2D eigenvalue weighted by Gasteiger charge is 2.17. The Bertz CT molecular complexity index is 489. The molecule has 0 aromatic rings. The second kappa shape index (κ2) is 6.83. The first kappa shape index (κ1) is 15.1. The van der Waals surface area contributed by atoms with Crippen LogP contribution in [0.2, 0.25) is 0 Å². The van der Waals surface area contributed by atoms with Crippen LogP contribution in [-0.2, 0) is 10.1 Å². The zero-order valence-corrected chi connectivity index (χ0v) is 11.8. The van der Waals surface area contributed by atoms with Crippen LogP contribution in [-0.4, -0.2) is 42.5 Å². The van der Waals surface area contributed by atoms with Gasteiger partial charge < -0.3 is 4.90 Å². The monoisotopic (exact) mass is 288 g/mol. The molecule has 100 valence electrons. The average molecular weight is 288 g/mol. The maximum atomic E-state index is 10.6. The van der Waals surface area contributed by atoms with E-state index in [9.17, 15) is 8.42 Å². The van der Waals surface area contributed by atoms with Crippen LogP contribution in [0.25, 0.3) is 0 Å². The highest BCUT2D eigenvalue weighted by Crippen LogP contribution is 2.27. The summed E-state index contributed by atoms with van der Waals surface area (Å²) < 4.78 is 29.9. The Morgan fingerprint density at radius 2 is 2.39 bits per heavy atom. The van der Waals surface area contributed by atoms with E-state index in [-0.39, 0.29) is 5.75 Å². The molecule has 7 heteroatoms. The molecular formula is C11H16N2O3S2. The third-order valence-corrected chi connectivity index (χ3v) is 4.29. The van der Waals surface area contributed by atoms with Gasteiger partial charge in [0.2, 0.25) is 0 Å². The van der Waals surface area contributed by atoms with Gasteiger partial charge in [0.25, 0.3) is 10.1 Å². The molecule has 0 atom stereocenters. The first-order valence-corrected chi connectivity index (χ1v) is 8.13. The standard InChI is InChI=1S/C11H16N2O3S2/c1-10(9-12)3-4-11-13(6-7-17-11)5-2-8-18(14,15)16/h3-4H,2,5-8H2,1H3,(H,14,15,16)/b10-3-,11-4+. The molecule has 1 heterocycles. The van der Waals surface area contributed by atoms with Crippen molar-refractivity contribution in [1.82, 2.24) is 4.90 Å². The van der Waals surface area contributed by atoms with Crippen molar-refractivity contribution < 1.29 is 13.0 Å². The van der Waals surface area contributed by atoms with Gasteiger partial charge in [-0.1, -0.05) is 0 Å². The van der Waals surface area contributed by atoms with E-state index in [1.54, 1.807) is 24.8 Å². The molecule has 1 aliphatic rings. The summed E-state index contributed by atoms with van der Waals surface area (Å²) in [5, 5.41) is 9.68. The predicted molar refractivity (Wildman–Crippen MR) is 72.5 cm³/mol. The first-order valence-electron chi connectivity index (χ1n) is 5.54. The lowest BCUT2D eigenvalue weighted by molar-refractivity contribution is 0.398. The van der Waals surface area contributed by atoms with E-state index in [1.807, 2.05) is 12.1 Å². The zero-order chi connectivity index (χ0) is 13.6. The van der Waals surface area contributed by atoms with Crippen LogP contribution in [0, 0.1) is 11.3 Å². The summed E-state index contributed by atoms with van der Waals surface area (Å²) in [7, 11) is -3.87. The van der Waals surface area contributed by atoms with E-state index >= 15 is 0 Å². The molecule has 0 saturated carbocycles.